The van der Waals surface area contributed by atoms with Crippen LogP contribution in [0.3, 0.4) is 0 Å². The number of ketones is 2. The van der Waals surface area contributed by atoms with Gasteiger partial charge in [-0.3, -0.25) is 14.4 Å². The van der Waals surface area contributed by atoms with Gasteiger partial charge < -0.3 is 18.9 Å². The molecule has 6 aliphatic rings. The summed E-state index contributed by atoms with van der Waals surface area (Å²) in [6, 6.07) is 0. The number of hydrogen-bond acceptors (Lipinski definition) is 7. The van der Waals surface area contributed by atoms with Crippen LogP contribution in [0.2, 0.25) is 0 Å². The Hall–Kier alpha value is -2.25. The van der Waals surface area contributed by atoms with Crippen LogP contribution in [0.1, 0.15) is 67.2 Å². The van der Waals surface area contributed by atoms with E-state index < -0.39 is 29.4 Å². The van der Waals surface area contributed by atoms with E-state index in [0.717, 1.165) is 17.6 Å². The maximum Gasteiger partial charge on any atom is 0.304 e. The van der Waals surface area contributed by atoms with Gasteiger partial charge in [-0.15, -0.1) is 0 Å². The van der Waals surface area contributed by atoms with Gasteiger partial charge in [0.25, 0.3) is 0 Å². The highest BCUT2D eigenvalue weighted by Gasteiger charge is 2.82. The van der Waals surface area contributed by atoms with Gasteiger partial charge in [0.2, 0.25) is 6.29 Å². The van der Waals surface area contributed by atoms with Gasteiger partial charge in [-0.05, 0) is 58.1 Å². The molecule has 0 aromatic carbocycles. The summed E-state index contributed by atoms with van der Waals surface area (Å²) in [6.45, 7) is 11.3. The number of carbonyl (C=O) groups excluding carboxylic acids is 3. The van der Waals surface area contributed by atoms with Gasteiger partial charge in [0.1, 0.15) is 11.9 Å². The van der Waals surface area contributed by atoms with Gasteiger partial charge in [0.05, 0.1) is 17.6 Å². The first-order valence-corrected chi connectivity index (χ1v) is 12.7. The maximum atomic E-state index is 13.1. The predicted molar refractivity (Wildman–Crippen MR) is 125 cm³/mol. The topological polar surface area (TPSA) is 88.1 Å². The van der Waals surface area contributed by atoms with Crippen molar-refractivity contribution in [3.63, 3.8) is 0 Å². The van der Waals surface area contributed by atoms with E-state index in [-0.39, 0.29) is 47.4 Å². The molecule has 3 fully saturated rings. The SMILES string of the molecule is CC(=O)O[C@@H]1O[C@@H]2CC(=O)C(C)=C(C)O[C@]23C(C)=C[C@H]2O[C@H]4CC(=O)C=C(C)C5CC[C@@]13C2[C@]54C. The molecule has 6 rings (SSSR count). The normalized spacial score (nSPS) is 48.1. The fraction of sp³-hybridized carbons (Fsp3) is 0.679. The summed E-state index contributed by atoms with van der Waals surface area (Å²) in [5.41, 5.74) is 0.521. The number of allylic oxidation sites excluding steroid dienone is 4. The Morgan fingerprint density at radius 3 is 2.54 bits per heavy atom. The Labute approximate surface area is 205 Å². The molecule has 9 atom stereocenters. The molecule has 2 spiro atoms. The largest absolute Gasteiger partial charge is 0.484 e. The quantitative estimate of drug-likeness (QED) is 0.413. The van der Waals surface area contributed by atoms with Crippen molar-refractivity contribution in [2.45, 2.75) is 97.4 Å². The lowest BCUT2D eigenvalue weighted by Crippen LogP contribution is -2.68. The molecule has 188 valence electrons. The van der Waals surface area contributed by atoms with Crippen molar-refractivity contribution >= 4 is 17.5 Å². The molecule has 0 aromatic heterocycles. The van der Waals surface area contributed by atoms with E-state index in [1.807, 2.05) is 13.8 Å². The lowest BCUT2D eigenvalue weighted by molar-refractivity contribution is -0.228. The lowest BCUT2D eigenvalue weighted by atomic mass is 9.42. The highest BCUT2D eigenvalue weighted by atomic mass is 16.7. The van der Waals surface area contributed by atoms with Gasteiger partial charge >= 0.3 is 5.97 Å². The number of rotatable bonds is 1. The fourth-order valence-electron chi connectivity index (χ4n) is 8.89. The summed E-state index contributed by atoms with van der Waals surface area (Å²) >= 11 is 0. The Morgan fingerprint density at radius 2 is 1.83 bits per heavy atom. The first kappa shape index (κ1) is 23.2. The number of Topliss-reactive ketones (excluding diaryl/α,β-unsaturated/α-hetero) is 1. The zero-order valence-electron chi connectivity index (χ0n) is 21.3. The molecule has 3 aliphatic heterocycles. The second-order valence-corrected chi connectivity index (χ2v) is 11.7. The molecule has 35 heavy (non-hydrogen) atoms. The first-order chi connectivity index (χ1) is 16.5. The maximum absolute atomic E-state index is 13.1. The monoisotopic (exact) mass is 482 g/mol. The van der Waals surface area contributed by atoms with Crippen LogP contribution in [0.15, 0.2) is 34.6 Å². The van der Waals surface area contributed by atoms with Crippen molar-refractivity contribution in [1.82, 2.24) is 0 Å². The van der Waals surface area contributed by atoms with E-state index in [4.69, 9.17) is 18.9 Å². The molecule has 0 bridgehead atoms. The van der Waals surface area contributed by atoms with E-state index in [9.17, 15) is 14.4 Å². The molecule has 0 amide bonds. The van der Waals surface area contributed by atoms with E-state index in [0.29, 0.717) is 24.2 Å². The number of esters is 1. The van der Waals surface area contributed by atoms with Crippen LogP contribution in [0.25, 0.3) is 0 Å². The molecule has 0 radical (unpaired) electrons. The van der Waals surface area contributed by atoms with Gasteiger partial charge in [0.15, 0.2) is 17.2 Å². The Bertz CT molecular complexity index is 1150. The van der Waals surface area contributed by atoms with E-state index >= 15 is 0 Å². The fourth-order valence-corrected chi connectivity index (χ4v) is 8.89. The highest BCUT2D eigenvalue weighted by molar-refractivity contribution is 5.96. The Morgan fingerprint density at radius 1 is 1.09 bits per heavy atom. The summed E-state index contributed by atoms with van der Waals surface area (Å²) in [5, 5.41) is 0. The van der Waals surface area contributed by atoms with Crippen molar-refractivity contribution in [3.05, 3.63) is 34.6 Å². The molecule has 0 N–H and O–H groups in total. The van der Waals surface area contributed by atoms with E-state index in [1.54, 1.807) is 13.0 Å². The van der Waals surface area contributed by atoms with Crippen molar-refractivity contribution in [1.29, 1.82) is 0 Å². The van der Waals surface area contributed by atoms with Gasteiger partial charge in [-0.25, -0.2) is 0 Å². The third-order valence-electron chi connectivity index (χ3n) is 10.2. The van der Waals surface area contributed by atoms with Crippen molar-refractivity contribution in [2.75, 3.05) is 0 Å². The molecule has 2 unspecified atom stereocenters. The summed E-state index contributed by atoms with van der Waals surface area (Å²) in [7, 11) is 0. The molecular formula is C28H34O7. The second kappa shape index (κ2) is 7.16. The third kappa shape index (κ3) is 2.61. The molecule has 7 heteroatoms. The molecule has 3 aliphatic carbocycles. The minimum Gasteiger partial charge on any atom is -0.484 e. The van der Waals surface area contributed by atoms with Crippen LogP contribution in [-0.2, 0) is 33.3 Å². The summed E-state index contributed by atoms with van der Waals surface area (Å²) in [6.07, 6.45) is 3.88. The van der Waals surface area contributed by atoms with Crippen LogP contribution >= 0.6 is 0 Å². The van der Waals surface area contributed by atoms with Crippen LogP contribution in [0, 0.1) is 22.7 Å². The van der Waals surface area contributed by atoms with Crippen molar-refractivity contribution in [3.8, 4) is 0 Å². The second-order valence-electron chi connectivity index (χ2n) is 11.7. The molecule has 1 saturated carbocycles. The first-order valence-electron chi connectivity index (χ1n) is 12.7. The molecule has 0 aromatic rings. The average molecular weight is 483 g/mol. The Kier molecular flexibility index (Phi) is 4.74. The van der Waals surface area contributed by atoms with Crippen molar-refractivity contribution < 1.29 is 33.3 Å². The van der Waals surface area contributed by atoms with Crippen molar-refractivity contribution in [2.24, 2.45) is 22.7 Å². The standard InChI is InChI=1S/C28H34O7/c1-13-9-18(30)11-22-26(6)19(13)7-8-27-24(26)21(33-22)10-14(2)28(27)23(34-25(27)32-17(5)29)12-20(31)15(3)16(4)35-28/h9-10,19,21-25H,7-8,11-12H2,1-6H3/t19?,21-,22+,23-,24?,25-,26-,27-,28-/m1/s1. The van der Waals surface area contributed by atoms with E-state index in [2.05, 4.69) is 19.9 Å². The molecular weight excluding hydrogens is 448 g/mol. The molecule has 7 nitrogen and oxygen atoms in total. The number of ether oxygens (including phenoxy) is 4. The average Bonchev–Trinajstić information content (AvgIpc) is 3.10. The van der Waals surface area contributed by atoms with Crippen LogP contribution in [0.5, 0.6) is 0 Å². The van der Waals surface area contributed by atoms with Gasteiger partial charge in [-0.1, -0.05) is 18.6 Å². The van der Waals surface area contributed by atoms with E-state index in [1.165, 1.54) is 6.92 Å². The third-order valence-corrected chi connectivity index (χ3v) is 10.2. The summed E-state index contributed by atoms with van der Waals surface area (Å²) < 4.78 is 26.1. The smallest absolute Gasteiger partial charge is 0.304 e. The lowest BCUT2D eigenvalue weighted by Gasteiger charge is -2.62. The minimum absolute atomic E-state index is 0.0165. The minimum atomic E-state index is -0.966. The van der Waals surface area contributed by atoms with Crippen LogP contribution in [0.4, 0.5) is 0 Å². The Balaban J connectivity index is 1.63. The molecule has 3 heterocycles. The van der Waals surface area contributed by atoms with Crippen LogP contribution in [-0.4, -0.2) is 47.7 Å². The van der Waals surface area contributed by atoms with Gasteiger partial charge in [0, 0.05) is 36.7 Å². The predicted octanol–water partition coefficient (Wildman–Crippen LogP) is 3.96. The molecule has 2 saturated heterocycles. The van der Waals surface area contributed by atoms with Crippen LogP contribution < -0.4 is 0 Å². The zero-order chi connectivity index (χ0) is 25.1. The zero-order valence-corrected chi connectivity index (χ0v) is 21.3. The number of carbonyl (C=O) groups is 3. The number of hydrogen-bond donors (Lipinski definition) is 0. The summed E-state index contributed by atoms with van der Waals surface area (Å²) in [4.78, 5) is 38.3. The summed E-state index contributed by atoms with van der Waals surface area (Å²) in [5.74, 6) is 0.277. The van der Waals surface area contributed by atoms with Gasteiger partial charge in [-0.2, -0.15) is 0 Å². The highest BCUT2D eigenvalue weighted by Crippen LogP contribution is 2.75.